The summed E-state index contributed by atoms with van der Waals surface area (Å²) < 4.78 is 0. The minimum absolute atomic E-state index is 0.169. The zero-order valence-corrected chi connectivity index (χ0v) is 9.48. The minimum atomic E-state index is 0.169. The second-order valence-corrected chi connectivity index (χ2v) is 4.59. The van der Waals surface area contributed by atoms with Crippen LogP contribution in [0.1, 0.15) is 40.0 Å². The van der Waals surface area contributed by atoms with Gasteiger partial charge in [0, 0.05) is 18.4 Å². The van der Waals surface area contributed by atoms with E-state index in [2.05, 4.69) is 49.4 Å². The van der Waals surface area contributed by atoms with Crippen LogP contribution < -0.4 is 0 Å². The van der Waals surface area contributed by atoms with E-state index in [4.69, 9.17) is 0 Å². The summed E-state index contributed by atoms with van der Waals surface area (Å²) in [5, 5.41) is 0. The smallest absolute Gasteiger partial charge is 0.0615 e. The van der Waals surface area contributed by atoms with E-state index in [1.807, 2.05) is 0 Å². The van der Waals surface area contributed by atoms with Crippen molar-refractivity contribution in [3.05, 3.63) is 0 Å². The summed E-state index contributed by atoms with van der Waals surface area (Å²) in [5.41, 5.74) is 0.169. The topological polar surface area (TPSA) is 3.24 Å². The van der Waals surface area contributed by atoms with Crippen LogP contribution in [0.5, 0.6) is 0 Å². The molecule has 0 radical (unpaired) electrons. The molecule has 14 heavy (non-hydrogen) atoms. The number of nitrogens with zero attached hydrogens (tertiary/aromatic N) is 1. The molecule has 0 fully saturated rings. The fraction of sp³-hybridized carbons (Fsp3) is 0.692. The molecule has 0 amide bonds. The van der Waals surface area contributed by atoms with Crippen molar-refractivity contribution in [1.29, 1.82) is 0 Å². The van der Waals surface area contributed by atoms with Crippen LogP contribution >= 0.6 is 0 Å². The maximum atomic E-state index is 3.22. The van der Waals surface area contributed by atoms with Gasteiger partial charge in [-0.15, -0.1) is 11.8 Å². The fourth-order valence-electron chi connectivity index (χ4n) is 1.27. The van der Waals surface area contributed by atoms with Gasteiger partial charge in [-0.2, -0.15) is 0 Å². The Balaban J connectivity index is 2.65. The molecule has 0 saturated heterocycles. The quantitative estimate of drug-likeness (QED) is 0.528. The normalized spacial score (nSPS) is 18.8. The van der Waals surface area contributed by atoms with Crippen LogP contribution in [0.3, 0.4) is 0 Å². The van der Waals surface area contributed by atoms with Gasteiger partial charge in [-0.05, 0) is 27.2 Å². The molecule has 76 valence electrons. The number of hydrogen-bond donors (Lipinski definition) is 0. The fourth-order valence-corrected chi connectivity index (χ4v) is 1.27. The first-order valence-electron chi connectivity index (χ1n) is 5.27. The summed E-state index contributed by atoms with van der Waals surface area (Å²) in [4.78, 5) is 2.32. The van der Waals surface area contributed by atoms with Crippen molar-refractivity contribution < 1.29 is 0 Å². The predicted molar refractivity (Wildman–Crippen MR) is 60.7 cm³/mol. The minimum Gasteiger partial charge on any atom is -0.276 e. The molecule has 1 nitrogen and oxygen atoms in total. The second-order valence-electron chi connectivity index (χ2n) is 4.59. The predicted octanol–water partition coefficient (Wildman–Crippen LogP) is 2.28. The van der Waals surface area contributed by atoms with Gasteiger partial charge in [0.2, 0.25) is 0 Å². The summed E-state index contributed by atoms with van der Waals surface area (Å²) in [6, 6.07) is 0. The molecule has 0 bridgehead atoms. The van der Waals surface area contributed by atoms with Gasteiger partial charge in [0.15, 0.2) is 0 Å². The highest BCUT2D eigenvalue weighted by molar-refractivity contribution is 5.09. The molecule has 1 aliphatic heterocycles. The molecular weight excluding hydrogens is 170 g/mol. The summed E-state index contributed by atoms with van der Waals surface area (Å²) >= 11 is 0. The Morgan fingerprint density at radius 1 is 0.857 bits per heavy atom. The number of rotatable bonds is 0. The second kappa shape index (κ2) is 5.08. The molecule has 1 heterocycles. The van der Waals surface area contributed by atoms with Gasteiger partial charge in [-0.3, -0.25) is 4.90 Å². The van der Waals surface area contributed by atoms with Crippen LogP contribution in [0, 0.1) is 23.7 Å². The maximum absolute atomic E-state index is 3.22. The third kappa shape index (κ3) is 3.86. The standard InChI is InChI=1S/C13H19N/c1-13(2,3)14-11-9-7-5-4-6-8-10-12-14/h4-6,11-12H2,1-3H3. The lowest BCUT2D eigenvalue weighted by Gasteiger charge is -2.32. The average molecular weight is 189 g/mol. The Morgan fingerprint density at radius 3 is 1.79 bits per heavy atom. The summed E-state index contributed by atoms with van der Waals surface area (Å²) in [6.45, 7) is 8.32. The Hall–Kier alpha value is -0.920. The van der Waals surface area contributed by atoms with Gasteiger partial charge in [0.25, 0.3) is 0 Å². The van der Waals surface area contributed by atoms with Crippen molar-refractivity contribution >= 4 is 0 Å². The van der Waals surface area contributed by atoms with Crippen molar-refractivity contribution in [2.24, 2.45) is 0 Å². The molecule has 0 aromatic heterocycles. The highest BCUT2D eigenvalue weighted by Crippen LogP contribution is 2.11. The van der Waals surface area contributed by atoms with Gasteiger partial charge < -0.3 is 0 Å². The SMILES string of the molecule is CC(C)(C)N1CC#CCCCC#CC1. The first-order chi connectivity index (χ1) is 6.61. The first-order valence-corrected chi connectivity index (χ1v) is 5.27. The van der Waals surface area contributed by atoms with Crippen molar-refractivity contribution in [1.82, 2.24) is 4.90 Å². The average Bonchev–Trinajstić information content (AvgIpc) is 2.12. The molecule has 0 atom stereocenters. The van der Waals surface area contributed by atoms with Crippen LogP contribution in [-0.4, -0.2) is 23.5 Å². The van der Waals surface area contributed by atoms with Gasteiger partial charge in [0.1, 0.15) is 0 Å². The molecule has 1 heteroatoms. The Labute approximate surface area is 87.9 Å². The lowest BCUT2D eigenvalue weighted by atomic mass is 10.1. The zero-order valence-electron chi connectivity index (χ0n) is 9.48. The van der Waals surface area contributed by atoms with Gasteiger partial charge in [-0.25, -0.2) is 0 Å². The molecule has 0 aliphatic carbocycles. The Kier molecular flexibility index (Phi) is 4.05. The zero-order chi connectivity index (χ0) is 10.4. The lowest BCUT2D eigenvalue weighted by Crippen LogP contribution is -2.41. The third-order valence-electron chi connectivity index (χ3n) is 2.34. The number of hydrogen-bond acceptors (Lipinski definition) is 1. The molecule has 1 rings (SSSR count). The van der Waals surface area contributed by atoms with Crippen LogP contribution in [-0.2, 0) is 0 Å². The molecule has 0 N–H and O–H groups in total. The van der Waals surface area contributed by atoms with E-state index in [0.717, 1.165) is 32.4 Å². The molecule has 0 spiro atoms. The summed E-state index contributed by atoms with van der Waals surface area (Å²) in [7, 11) is 0. The van der Waals surface area contributed by atoms with E-state index in [1.165, 1.54) is 0 Å². The molecule has 0 saturated carbocycles. The largest absolute Gasteiger partial charge is 0.276 e. The third-order valence-corrected chi connectivity index (χ3v) is 2.34. The Morgan fingerprint density at radius 2 is 1.36 bits per heavy atom. The highest BCUT2D eigenvalue weighted by atomic mass is 15.2. The van der Waals surface area contributed by atoms with Crippen LogP contribution in [0.15, 0.2) is 0 Å². The van der Waals surface area contributed by atoms with Gasteiger partial charge in [-0.1, -0.05) is 11.8 Å². The molecule has 0 aromatic rings. The van der Waals surface area contributed by atoms with E-state index < -0.39 is 0 Å². The van der Waals surface area contributed by atoms with Crippen molar-refractivity contribution in [2.45, 2.75) is 45.6 Å². The van der Waals surface area contributed by atoms with Crippen LogP contribution in [0.4, 0.5) is 0 Å². The van der Waals surface area contributed by atoms with Crippen LogP contribution in [0.25, 0.3) is 0 Å². The molecule has 0 unspecified atom stereocenters. The summed E-state index contributed by atoms with van der Waals surface area (Å²) in [5.74, 6) is 12.8. The van der Waals surface area contributed by atoms with Gasteiger partial charge in [0.05, 0.1) is 13.1 Å². The van der Waals surface area contributed by atoms with E-state index in [9.17, 15) is 0 Å². The van der Waals surface area contributed by atoms with Crippen molar-refractivity contribution in [3.63, 3.8) is 0 Å². The first kappa shape index (κ1) is 11.2. The molecule has 1 aliphatic rings. The van der Waals surface area contributed by atoms with Gasteiger partial charge >= 0.3 is 0 Å². The molecule has 0 aromatic carbocycles. The van der Waals surface area contributed by atoms with E-state index >= 15 is 0 Å². The highest BCUT2D eigenvalue weighted by Gasteiger charge is 2.18. The van der Waals surface area contributed by atoms with Crippen LogP contribution in [0.2, 0.25) is 0 Å². The van der Waals surface area contributed by atoms with Crippen molar-refractivity contribution in [3.8, 4) is 23.7 Å². The molecular formula is C13H19N. The van der Waals surface area contributed by atoms with E-state index in [-0.39, 0.29) is 5.54 Å². The summed E-state index contributed by atoms with van der Waals surface area (Å²) in [6.07, 6.45) is 3.11. The maximum Gasteiger partial charge on any atom is 0.0615 e. The van der Waals surface area contributed by atoms with Crippen molar-refractivity contribution in [2.75, 3.05) is 13.1 Å². The lowest BCUT2D eigenvalue weighted by molar-refractivity contribution is 0.179. The Bertz CT molecular complexity index is 263. The monoisotopic (exact) mass is 189 g/mol. The van der Waals surface area contributed by atoms with E-state index in [0.29, 0.717) is 0 Å². The van der Waals surface area contributed by atoms with E-state index in [1.54, 1.807) is 0 Å².